The molecule has 15 heavy (non-hydrogen) atoms. The first kappa shape index (κ1) is 9.95. The normalized spacial score (nSPS) is 11.8. The van der Waals surface area contributed by atoms with Crippen molar-refractivity contribution in [2.45, 2.75) is 4.90 Å². The Morgan fingerprint density at radius 2 is 1.53 bits per heavy atom. The Morgan fingerprint density at radius 3 is 2.20 bits per heavy atom. The van der Waals surface area contributed by atoms with Gasteiger partial charge in [0, 0.05) is 0 Å². The molecule has 0 saturated heterocycles. The molecule has 2 aromatic carbocycles. The van der Waals surface area contributed by atoms with Crippen molar-refractivity contribution in [3.8, 4) is 5.75 Å². The van der Waals surface area contributed by atoms with Gasteiger partial charge in [-0.15, -0.1) is 0 Å². The number of aromatic hydroxyl groups is 1. The second-order valence-electron chi connectivity index (χ2n) is 3.17. The smallest absolute Gasteiger partial charge is 0.294 e. The van der Waals surface area contributed by atoms with Crippen molar-refractivity contribution in [1.82, 2.24) is 0 Å². The Labute approximate surface area is 86.5 Å². The third-order valence-electron chi connectivity index (χ3n) is 2.09. The van der Waals surface area contributed by atoms with Crippen molar-refractivity contribution in [3.63, 3.8) is 0 Å². The Morgan fingerprint density at radius 1 is 0.933 bits per heavy atom. The highest BCUT2D eigenvalue weighted by Gasteiger charge is 2.09. The monoisotopic (exact) mass is 224 g/mol. The summed E-state index contributed by atoms with van der Waals surface area (Å²) < 4.78 is 30.5. The topological polar surface area (TPSA) is 74.6 Å². The zero-order chi connectivity index (χ0) is 11.1. The van der Waals surface area contributed by atoms with Gasteiger partial charge in [-0.2, -0.15) is 8.42 Å². The number of fused-ring (bicyclic) bond motifs is 1. The number of benzene rings is 2. The molecule has 0 atom stereocenters. The average molecular weight is 224 g/mol. The second-order valence-corrected chi connectivity index (χ2v) is 4.59. The molecule has 78 valence electrons. The molecule has 2 aromatic rings. The van der Waals surface area contributed by atoms with Crippen LogP contribution in [0, 0.1) is 0 Å². The van der Waals surface area contributed by atoms with E-state index in [1.54, 1.807) is 6.07 Å². The first-order chi connectivity index (χ1) is 6.97. The zero-order valence-corrected chi connectivity index (χ0v) is 8.40. The molecule has 0 aliphatic heterocycles. The summed E-state index contributed by atoms with van der Waals surface area (Å²) in [6.45, 7) is 0. The van der Waals surface area contributed by atoms with Gasteiger partial charge in [-0.05, 0) is 35.0 Å². The summed E-state index contributed by atoms with van der Waals surface area (Å²) in [5.41, 5.74) is 0. The molecule has 2 rings (SSSR count). The fourth-order valence-electron chi connectivity index (χ4n) is 1.37. The summed E-state index contributed by atoms with van der Waals surface area (Å²) >= 11 is 0. The number of phenols is 1. The second kappa shape index (κ2) is 3.22. The first-order valence-corrected chi connectivity index (χ1v) is 5.61. The number of phenolic OH excluding ortho intramolecular Hbond substituents is 1. The van der Waals surface area contributed by atoms with Gasteiger partial charge in [-0.3, -0.25) is 4.55 Å². The van der Waals surface area contributed by atoms with E-state index in [0.717, 1.165) is 0 Å². The molecule has 0 amide bonds. The molecule has 4 nitrogen and oxygen atoms in total. The van der Waals surface area contributed by atoms with Gasteiger partial charge in [0.15, 0.2) is 0 Å². The zero-order valence-electron chi connectivity index (χ0n) is 7.58. The van der Waals surface area contributed by atoms with Crippen LogP contribution in [-0.2, 0) is 10.1 Å². The van der Waals surface area contributed by atoms with E-state index in [4.69, 9.17) is 4.55 Å². The van der Waals surface area contributed by atoms with Crippen molar-refractivity contribution in [2.24, 2.45) is 0 Å². The van der Waals surface area contributed by atoms with Crippen LogP contribution in [0.5, 0.6) is 5.75 Å². The molecule has 0 saturated carbocycles. The van der Waals surface area contributed by atoms with Crippen molar-refractivity contribution >= 4 is 20.9 Å². The predicted octanol–water partition coefficient (Wildman–Crippen LogP) is 1.79. The average Bonchev–Trinajstić information content (AvgIpc) is 2.15. The number of hydrogen-bond donors (Lipinski definition) is 2. The van der Waals surface area contributed by atoms with E-state index < -0.39 is 10.1 Å². The molecule has 0 heterocycles. The Balaban J connectivity index is 2.73. The third kappa shape index (κ3) is 1.93. The Bertz CT molecular complexity index is 616. The first-order valence-electron chi connectivity index (χ1n) is 4.17. The van der Waals surface area contributed by atoms with Crippen LogP contribution < -0.4 is 0 Å². The molecule has 0 fully saturated rings. The lowest BCUT2D eigenvalue weighted by atomic mass is 10.1. The molecule has 0 unspecified atom stereocenters. The van der Waals surface area contributed by atoms with E-state index in [1.807, 2.05) is 0 Å². The highest BCUT2D eigenvalue weighted by molar-refractivity contribution is 7.85. The van der Waals surface area contributed by atoms with Gasteiger partial charge in [0.2, 0.25) is 0 Å². The summed E-state index contributed by atoms with van der Waals surface area (Å²) in [6, 6.07) is 8.72. The highest BCUT2D eigenvalue weighted by Crippen LogP contribution is 2.22. The fraction of sp³-hybridized carbons (Fsp3) is 0. The molecule has 5 heteroatoms. The molecule has 0 spiro atoms. The number of rotatable bonds is 1. The minimum Gasteiger partial charge on any atom is -0.508 e. The van der Waals surface area contributed by atoms with Gasteiger partial charge in [0.25, 0.3) is 10.1 Å². The maximum absolute atomic E-state index is 10.8. The van der Waals surface area contributed by atoms with Crippen molar-refractivity contribution in [3.05, 3.63) is 36.4 Å². The summed E-state index contributed by atoms with van der Waals surface area (Å²) in [7, 11) is -4.17. The van der Waals surface area contributed by atoms with E-state index in [9.17, 15) is 13.5 Å². The minimum atomic E-state index is -4.17. The lowest BCUT2D eigenvalue weighted by Gasteiger charge is -2.01. The maximum Gasteiger partial charge on any atom is 0.294 e. The molecule has 0 radical (unpaired) electrons. The quantitative estimate of drug-likeness (QED) is 0.724. The summed E-state index contributed by atoms with van der Waals surface area (Å²) in [5, 5.41) is 10.5. The van der Waals surface area contributed by atoms with Crippen LogP contribution >= 0.6 is 0 Å². The van der Waals surface area contributed by atoms with E-state index in [1.165, 1.54) is 30.3 Å². The largest absolute Gasteiger partial charge is 0.508 e. The number of hydrogen-bond acceptors (Lipinski definition) is 3. The van der Waals surface area contributed by atoms with Gasteiger partial charge >= 0.3 is 0 Å². The molecule has 0 aliphatic rings. The molecular weight excluding hydrogens is 216 g/mol. The summed E-state index contributed by atoms with van der Waals surface area (Å²) in [6.07, 6.45) is 0. The van der Waals surface area contributed by atoms with Gasteiger partial charge in [0.05, 0.1) is 4.90 Å². The van der Waals surface area contributed by atoms with Crippen molar-refractivity contribution in [1.29, 1.82) is 0 Å². The van der Waals surface area contributed by atoms with Crippen LogP contribution in [0.1, 0.15) is 0 Å². The van der Waals surface area contributed by atoms with Crippen LogP contribution in [0.25, 0.3) is 10.8 Å². The van der Waals surface area contributed by atoms with E-state index >= 15 is 0 Å². The third-order valence-corrected chi connectivity index (χ3v) is 2.94. The SMILES string of the molecule is O=S(=O)(O)c1ccc2cc(O)ccc2c1. The van der Waals surface area contributed by atoms with Crippen molar-refractivity contribution < 1.29 is 18.1 Å². The van der Waals surface area contributed by atoms with E-state index in [0.29, 0.717) is 10.8 Å². The lowest BCUT2D eigenvalue weighted by Crippen LogP contribution is -1.97. The van der Waals surface area contributed by atoms with Crippen LogP contribution in [0.3, 0.4) is 0 Å². The highest BCUT2D eigenvalue weighted by atomic mass is 32.2. The van der Waals surface area contributed by atoms with Crippen molar-refractivity contribution in [2.75, 3.05) is 0 Å². The molecule has 0 aromatic heterocycles. The molecule has 0 bridgehead atoms. The molecular formula is C10H8O4S. The van der Waals surface area contributed by atoms with Crippen LogP contribution in [0.2, 0.25) is 0 Å². The Kier molecular flexibility index (Phi) is 2.13. The van der Waals surface area contributed by atoms with E-state index in [2.05, 4.69) is 0 Å². The summed E-state index contributed by atoms with van der Waals surface area (Å²) in [4.78, 5) is -0.152. The molecule has 2 N–H and O–H groups in total. The lowest BCUT2D eigenvalue weighted by molar-refractivity contribution is 0.476. The van der Waals surface area contributed by atoms with Crippen LogP contribution in [0.15, 0.2) is 41.3 Å². The predicted molar refractivity (Wildman–Crippen MR) is 55.4 cm³/mol. The summed E-state index contributed by atoms with van der Waals surface area (Å²) in [5.74, 6) is 0.113. The maximum atomic E-state index is 10.8. The minimum absolute atomic E-state index is 0.113. The molecule has 0 aliphatic carbocycles. The van der Waals surface area contributed by atoms with E-state index in [-0.39, 0.29) is 10.6 Å². The van der Waals surface area contributed by atoms with Gasteiger partial charge in [0.1, 0.15) is 5.75 Å². The van der Waals surface area contributed by atoms with Crippen LogP contribution in [-0.4, -0.2) is 18.1 Å². The van der Waals surface area contributed by atoms with Gasteiger partial charge in [-0.25, -0.2) is 0 Å². The van der Waals surface area contributed by atoms with Crippen LogP contribution in [0.4, 0.5) is 0 Å². The Hall–Kier alpha value is -1.59. The van der Waals surface area contributed by atoms with Gasteiger partial charge < -0.3 is 5.11 Å². The standard InChI is InChI=1S/C10H8O4S/c11-9-3-1-8-6-10(15(12,13)14)4-2-7(8)5-9/h1-6,11H,(H,12,13,14). The van der Waals surface area contributed by atoms with Gasteiger partial charge in [-0.1, -0.05) is 12.1 Å². The fourth-order valence-corrected chi connectivity index (χ4v) is 1.89.